The van der Waals surface area contributed by atoms with Crippen molar-refractivity contribution in [2.24, 2.45) is 0 Å². The number of carbonyl (C=O) groups excluding carboxylic acids is 1. The molecule has 110 valence electrons. The molecular weight excluding hydrogens is 311 g/mol. The number of methoxy groups -OCH3 is 1. The Kier molecular flexibility index (Phi) is 5.56. The Morgan fingerprint density at radius 2 is 2.05 bits per heavy atom. The number of hydrogen-bond acceptors (Lipinski definition) is 3. The molecule has 1 aromatic heterocycles. The lowest BCUT2D eigenvalue weighted by atomic mass is 10.1. The quantitative estimate of drug-likeness (QED) is 0.857. The van der Waals surface area contributed by atoms with Crippen LogP contribution in [-0.4, -0.2) is 18.0 Å². The van der Waals surface area contributed by atoms with Crippen LogP contribution in [0.15, 0.2) is 36.5 Å². The Bertz CT molecular complexity index is 647. The van der Waals surface area contributed by atoms with Crippen LogP contribution in [0.2, 0.25) is 10.2 Å². The summed E-state index contributed by atoms with van der Waals surface area (Å²) in [6.07, 6.45) is 1.36. The molecule has 0 aliphatic heterocycles. The number of nitrogens with one attached hydrogen (secondary N) is 1. The standard InChI is InChI=1S/C15H14Cl2N2O2/c1-21-9-11-4-2-3-10(5-11)7-19-15(20)12-6-14(17)18-8-13(12)16/h2-6,8H,7,9H2,1H3,(H,19,20). The lowest BCUT2D eigenvalue weighted by Crippen LogP contribution is -2.23. The largest absolute Gasteiger partial charge is 0.380 e. The number of benzene rings is 1. The predicted octanol–water partition coefficient (Wildman–Crippen LogP) is 3.46. The van der Waals surface area contributed by atoms with Crippen LogP contribution in [0.4, 0.5) is 0 Å². The van der Waals surface area contributed by atoms with Gasteiger partial charge in [-0.15, -0.1) is 0 Å². The number of pyridine rings is 1. The van der Waals surface area contributed by atoms with Crippen molar-refractivity contribution in [3.8, 4) is 0 Å². The first-order valence-electron chi connectivity index (χ1n) is 6.26. The smallest absolute Gasteiger partial charge is 0.253 e. The molecule has 0 bridgehead atoms. The zero-order valence-corrected chi connectivity index (χ0v) is 12.9. The fourth-order valence-electron chi connectivity index (χ4n) is 1.86. The lowest BCUT2D eigenvalue weighted by molar-refractivity contribution is 0.0951. The highest BCUT2D eigenvalue weighted by atomic mass is 35.5. The molecule has 4 nitrogen and oxygen atoms in total. The van der Waals surface area contributed by atoms with Gasteiger partial charge in [0.05, 0.1) is 17.2 Å². The molecule has 0 atom stereocenters. The van der Waals surface area contributed by atoms with E-state index in [0.717, 1.165) is 11.1 Å². The summed E-state index contributed by atoms with van der Waals surface area (Å²) >= 11 is 11.7. The van der Waals surface area contributed by atoms with Crippen LogP contribution in [0.25, 0.3) is 0 Å². The van der Waals surface area contributed by atoms with E-state index in [9.17, 15) is 4.79 Å². The Hall–Kier alpha value is -1.62. The summed E-state index contributed by atoms with van der Waals surface area (Å²) in [7, 11) is 1.64. The number of amides is 1. The molecule has 0 unspecified atom stereocenters. The molecule has 0 aliphatic carbocycles. The van der Waals surface area contributed by atoms with Crippen molar-refractivity contribution in [2.75, 3.05) is 7.11 Å². The average Bonchev–Trinajstić information content (AvgIpc) is 2.48. The van der Waals surface area contributed by atoms with Crippen LogP contribution in [0.3, 0.4) is 0 Å². The van der Waals surface area contributed by atoms with Gasteiger partial charge in [0.25, 0.3) is 5.91 Å². The van der Waals surface area contributed by atoms with Gasteiger partial charge in [0.1, 0.15) is 5.15 Å². The topological polar surface area (TPSA) is 51.2 Å². The summed E-state index contributed by atoms with van der Waals surface area (Å²) in [4.78, 5) is 15.9. The van der Waals surface area contributed by atoms with Crippen molar-refractivity contribution in [3.05, 3.63) is 63.4 Å². The highest BCUT2D eigenvalue weighted by molar-refractivity contribution is 6.35. The van der Waals surface area contributed by atoms with E-state index in [1.807, 2.05) is 24.3 Å². The van der Waals surface area contributed by atoms with Crippen LogP contribution in [0.1, 0.15) is 21.5 Å². The molecule has 1 N–H and O–H groups in total. The molecule has 0 fully saturated rings. The van der Waals surface area contributed by atoms with Gasteiger partial charge in [0.2, 0.25) is 0 Å². The van der Waals surface area contributed by atoms with E-state index < -0.39 is 0 Å². The number of carbonyl (C=O) groups is 1. The van der Waals surface area contributed by atoms with Gasteiger partial charge in [0, 0.05) is 19.9 Å². The monoisotopic (exact) mass is 324 g/mol. The van der Waals surface area contributed by atoms with E-state index in [1.54, 1.807) is 7.11 Å². The number of ether oxygens (including phenoxy) is 1. The van der Waals surface area contributed by atoms with Crippen molar-refractivity contribution < 1.29 is 9.53 Å². The summed E-state index contributed by atoms with van der Waals surface area (Å²) in [6.45, 7) is 0.931. The van der Waals surface area contributed by atoms with E-state index in [4.69, 9.17) is 27.9 Å². The van der Waals surface area contributed by atoms with Crippen molar-refractivity contribution in [3.63, 3.8) is 0 Å². The second-order valence-electron chi connectivity index (χ2n) is 4.42. The third kappa shape index (κ3) is 4.43. The summed E-state index contributed by atoms with van der Waals surface area (Å²) in [5, 5.41) is 3.30. The first-order chi connectivity index (χ1) is 10.1. The molecule has 21 heavy (non-hydrogen) atoms. The summed E-state index contributed by atoms with van der Waals surface area (Å²) < 4.78 is 5.08. The molecule has 2 rings (SSSR count). The molecule has 6 heteroatoms. The van der Waals surface area contributed by atoms with Gasteiger partial charge in [-0.05, 0) is 17.2 Å². The lowest BCUT2D eigenvalue weighted by Gasteiger charge is -2.08. The SMILES string of the molecule is COCc1cccc(CNC(=O)c2cc(Cl)ncc2Cl)c1. The summed E-state index contributed by atoms with van der Waals surface area (Å²) in [5.74, 6) is -0.290. The van der Waals surface area contributed by atoms with Crippen molar-refractivity contribution >= 4 is 29.1 Å². The number of aromatic nitrogens is 1. The van der Waals surface area contributed by atoms with E-state index in [2.05, 4.69) is 10.3 Å². The summed E-state index contributed by atoms with van der Waals surface area (Å²) in [6, 6.07) is 9.24. The zero-order chi connectivity index (χ0) is 15.2. The first kappa shape index (κ1) is 15.8. The number of hydrogen-bond donors (Lipinski definition) is 1. The average molecular weight is 325 g/mol. The maximum atomic E-state index is 12.1. The molecule has 0 aliphatic rings. The second kappa shape index (κ2) is 7.41. The summed E-state index contributed by atoms with van der Waals surface area (Å²) in [5.41, 5.74) is 2.34. The maximum Gasteiger partial charge on any atom is 0.253 e. The molecular formula is C15H14Cl2N2O2. The normalized spacial score (nSPS) is 10.4. The fourth-order valence-corrected chi connectivity index (χ4v) is 2.21. The fraction of sp³-hybridized carbons (Fsp3) is 0.200. The molecule has 0 saturated heterocycles. The Balaban J connectivity index is 2.04. The first-order valence-corrected chi connectivity index (χ1v) is 7.01. The minimum Gasteiger partial charge on any atom is -0.380 e. The number of halogens is 2. The molecule has 0 radical (unpaired) electrons. The number of nitrogens with zero attached hydrogens (tertiary/aromatic N) is 1. The predicted molar refractivity (Wildman–Crippen MR) is 82.6 cm³/mol. The highest BCUT2D eigenvalue weighted by Crippen LogP contribution is 2.18. The van der Waals surface area contributed by atoms with Gasteiger partial charge >= 0.3 is 0 Å². The molecule has 1 aromatic carbocycles. The molecule has 1 amide bonds. The minimum atomic E-state index is -0.290. The highest BCUT2D eigenvalue weighted by Gasteiger charge is 2.11. The van der Waals surface area contributed by atoms with E-state index >= 15 is 0 Å². The van der Waals surface area contributed by atoms with Gasteiger partial charge in [-0.3, -0.25) is 4.79 Å². The molecule has 1 heterocycles. The van der Waals surface area contributed by atoms with Gasteiger partial charge in [0.15, 0.2) is 0 Å². The van der Waals surface area contributed by atoms with Crippen molar-refractivity contribution in [2.45, 2.75) is 13.2 Å². The van der Waals surface area contributed by atoms with Crippen molar-refractivity contribution in [1.82, 2.24) is 10.3 Å². The maximum absolute atomic E-state index is 12.1. The van der Waals surface area contributed by atoms with E-state index in [-0.39, 0.29) is 16.1 Å². The van der Waals surface area contributed by atoms with Crippen LogP contribution in [0, 0.1) is 0 Å². The molecule has 2 aromatic rings. The number of rotatable bonds is 5. The molecule has 0 spiro atoms. The Morgan fingerprint density at radius 3 is 2.81 bits per heavy atom. The van der Waals surface area contributed by atoms with E-state index in [1.165, 1.54) is 12.3 Å². The van der Waals surface area contributed by atoms with Gasteiger partial charge < -0.3 is 10.1 Å². The Labute approximate surface area is 133 Å². The third-order valence-corrected chi connectivity index (χ3v) is 3.33. The van der Waals surface area contributed by atoms with Crippen LogP contribution < -0.4 is 5.32 Å². The molecule has 0 saturated carbocycles. The van der Waals surface area contributed by atoms with Crippen LogP contribution in [-0.2, 0) is 17.9 Å². The Morgan fingerprint density at radius 1 is 1.29 bits per heavy atom. The minimum absolute atomic E-state index is 0.228. The zero-order valence-electron chi connectivity index (χ0n) is 11.4. The van der Waals surface area contributed by atoms with Gasteiger partial charge in [-0.1, -0.05) is 47.5 Å². The van der Waals surface area contributed by atoms with Gasteiger partial charge in [-0.25, -0.2) is 4.98 Å². The van der Waals surface area contributed by atoms with Crippen LogP contribution in [0.5, 0.6) is 0 Å². The van der Waals surface area contributed by atoms with Gasteiger partial charge in [-0.2, -0.15) is 0 Å². The van der Waals surface area contributed by atoms with Crippen molar-refractivity contribution in [1.29, 1.82) is 0 Å². The third-order valence-electron chi connectivity index (χ3n) is 2.82. The van der Waals surface area contributed by atoms with Crippen LogP contribution >= 0.6 is 23.2 Å². The second-order valence-corrected chi connectivity index (χ2v) is 5.22. The van der Waals surface area contributed by atoms with E-state index in [0.29, 0.717) is 18.7 Å².